The quantitative estimate of drug-likeness (QED) is 0.800. The SMILES string of the molecule is CCC(CSC)NCc1cccc(C)c1O. The highest BCUT2D eigenvalue weighted by Gasteiger charge is 2.07. The normalized spacial score (nSPS) is 12.7. The minimum absolute atomic E-state index is 0.425. The van der Waals surface area contributed by atoms with Gasteiger partial charge in [0.2, 0.25) is 0 Å². The first-order chi connectivity index (χ1) is 7.69. The van der Waals surface area contributed by atoms with Crippen molar-refractivity contribution in [3.63, 3.8) is 0 Å². The Morgan fingerprint density at radius 3 is 2.81 bits per heavy atom. The fourth-order valence-electron chi connectivity index (χ4n) is 1.64. The third-order valence-electron chi connectivity index (χ3n) is 2.76. The summed E-state index contributed by atoms with van der Waals surface area (Å²) < 4.78 is 0. The molecule has 0 heterocycles. The van der Waals surface area contributed by atoms with Gasteiger partial charge in [0.1, 0.15) is 5.75 Å². The predicted octanol–water partition coefficient (Wildman–Crippen LogP) is 2.93. The van der Waals surface area contributed by atoms with Crippen molar-refractivity contribution in [1.82, 2.24) is 5.32 Å². The Balaban J connectivity index is 2.56. The maximum atomic E-state index is 9.87. The Morgan fingerprint density at radius 1 is 1.44 bits per heavy atom. The molecule has 2 nitrogen and oxygen atoms in total. The van der Waals surface area contributed by atoms with Crippen LogP contribution in [0.2, 0.25) is 0 Å². The molecule has 0 spiro atoms. The van der Waals surface area contributed by atoms with E-state index in [1.165, 1.54) is 0 Å². The molecule has 0 saturated heterocycles. The van der Waals surface area contributed by atoms with Crippen molar-refractivity contribution >= 4 is 11.8 Å². The van der Waals surface area contributed by atoms with Crippen LogP contribution in [-0.2, 0) is 6.54 Å². The first-order valence-electron chi connectivity index (χ1n) is 5.68. The third-order valence-corrected chi connectivity index (χ3v) is 3.50. The van der Waals surface area contributed by atoms with Crippen molar-refractivity contribution in [2.45, 2.75) is 32.9 Å². The van der Waals surface area contributed by atoms with Crippen LogP contribution in [0.25, 0.3) is 0 Å². The van der Waals surface area contributed by atoms with E-state index in [-0.39, 0.29) is 0 Å². The standard InChI is InChI=1S/C13H21NOS/c1-4-12(9-16-3)14-8-11-7-5-6-10(2)13(11)15/h5-7,12,14-15H,4,8-9H2,1-3H3. The summed E-state index contributed by atoms with van der Waals surface area (Å²) in [6, 6.07) is 6.41. The highest BCUT2D eigenvalue weighted by Crippen LogP contribution is 2.21. The van der Waals surface area contributed by atoms with Gasteiger partial charge in [0.15, 0.2) is 0 Å². The zero-order valence-corrected chi connectivity index (χ0v) is 11.1. The number of thioether (sulfide) groups is 1. The summed E-state index contributed by atoms with van der Waals surface area (Å²) in [6.45, 7) is 4.86. The molecule has 0 aliphatic carbocycles. The number of hydrogen-bond donors (Lipinski definition) is 2. The molecule has 0 amide bonds. The van der Waals surface area contributed by atoms with Crippen LogP contribution in [0.1, 0.15) is 24.5 Å². The molecule has 16 heavy (non-hydrogen) atoms. The molecule has 90 valence electrons. The zero-order valence-electron chi connectivity index (χ0n) is 10.3. The highest BCUT2D eigenvalue weighted by atomic mass is 32.2. The van der Waals surface area contributed by atoms with Gasteiger partial charge < -0.3 is 10.4 Å². The number of nitrogens with one attached hydrogen (secondary N) is 1. The molecule has 1 rings (SSSR count). The van der Waals surface area contributed by atoms with Gasteiger partial charge in [-0.15, -0.1) is 0 Å². The monoisotopic (exact) mass is 239 g/mol. The molecule has 0 aliphatic heterocycles. The van der Waals surface area contributed by atoms with Crippen molar-refractivity contribution in [1.29, 1.82) is 0 Å². The van der Waals surface area contributed by atoms with E-state index in [0.717, 1.165) is 29.8 Å². The van der Waals surface area contributed by atoms with Crippen LogP contribution < -0.4 is 5.32 Å². The number of aryl methyl sites for hydroxylation is 1. The number of phenolic OH excluding ortho intramolecular Hbond substituents is 1. The lowest BCUT2D eigenvalue weighted by Gasteiger charge is -2.16. The summed E-state index contributed by atoms with van der Waals surface area (Å²) in [5.41, 5.74) is 1.93. The van der Waals surface area contributed by atoms with E-state index in [4.69, 9.17) is 0 Å². The third kappa shape index (κ3) is 3.72. The number of aromatic hydroxyl groups is 1. The minimum Gasteiger partial charge on any atom is -0.507 e. The summed E-state index contributed by atoms with van der Waals surface area (Å²) in [5.74, 6) is 1.54. The average molecular weight is 239 g/mol. The number of phenols is 1. The Kier molecular flexibility index (Phi) is 5.71. The van der Waals surface area contributed by atoms with Crippen molar-refractivity contribution in [2.75, 3.05) is 12.0 Å². The van der Waals surface area contributed by atoms with Crippen LogP contribution in [-0.4, -0.2) is 23.2 Å². The molecule has 1 atom stereocenters. The summed E-state index contributed by atoms with van der Waals surface area (Å²) >= 11 is 1.85. The van der Waals surface area contributed by atoms with Crippen molar-refractivity contribution < 1.29 is 5.11 Å². The van der Waals surface area contributed by atoms with E-state index in [1.807, 2.05) is 36.9 Å². The van der Waals surface area contributed by atoms with Gasteiger partial charge in [0.25, 0.3) is 0 Å². The first-order valence-corrected chi connectivity index (χ1v) is 7.08. The predicted molar refractivity (Wildman–Crippen MR) is 72.1 cm³/mol. The summed E-state index contributed by atoms with van der Waals surface area (Å²) in [4.78, 5) is 0. The van der Waals surface area contributed by atoms with Crippen LogP contribution in [0, 0.1) is 6.92 Å². The Bertz CT molecular complexity index is 328. The van der Waals surface area contributed by atoms with Crippen molar-refractivity contribution in [2.24, 2.45) is 0 Å². The second-order valence-corrected chi connectivity index (χ2v) is 4.93. The zero-order chi connectivity index (χ0) is 12.0. The van der Waals surface area contributed by atoms with Gasteiger partial charge in [-0.1, -0.05) is 25.1 Å². The fourth-order valence-corrected chi connectivity index (χ4v) is 2.39. The molecular formula is C13H21NOS. The van der Waals surface area contributed by atoms with Crippen LogP contribution >= 0.6 is 11.8 Å². The number of rotatable bonds is 6. The lowest BCUT2D eigenvalue weighted by molar-refractivity contribution is 0.454. The Labute approximate surface area is 102 Å². The van der Waals surface area contributed by atoms with Gasteiger partial charge in [-0.3, -0.25) is 0 Å². The molecule has 3 heteroatoms. The van der Waals surface area contributed by atoms with Gasteiger partial charge in [-0.25, -0.2) is 0 Å². The molecule has 1 unspecified atom stereocenters. The Hall–Kier alpha value is -0.670. The van der Waals surface area contributed by atoms with E-state index < -0.39 is 0 Å². The van der Waals surface area contributed by atoms with Crippen LogP contribution in [0.4, 0.5) is 0 Å². The summed E-state index contributed by atoms with van der Waals surface area (Å²) in [7, 11) is 0. The molecule has 1 aromatic carbocycles. The van der Waals surface area contributed by atoms with Crippen LogP contribution in [0.15, 0.2) is 18.2 Å². The van der Waals surface area contributed by atoms with Gasteiger partial charge in [0.05, 0.1) is 0 Å². The van der Waals surface area contributed by atoms with Crippen molar-refractivity contribution in [3.05, 3.63) is 29.3 Å². The molecule has 2 N–H and O–H groups in total. The lowest BCUT2D eigenvalue weighted by atomic mass is 10.1. The molecule has 0 aromatic heterocycles. The number of para-hydroxylation sites is 1. The van der Waals surface area contributed by atoms with E-state index in [9.17, 15) is 5.11 Å². The van der Waals surface area contributed by atoms with Gasteiger partial charge in [0, 0.05) is 23.9 Å². The number of hydrogen-bond acceptors (Lipinski definition) is 3. The van der Waals surface area contributed by atoms with Gasteiger partial charge in [-0.2, -0.15) is 11.8 Å². The van der Waals surface area contributed by atoms with Crippen LogP contribution in [0.5, 0.6) is 5.75 Å². The molecular weight excluding hydrogens is 218 g/mol. The molecule has 1 aromatic rings. The van der Waals surface area contributed by atoms with Gasteiger partial charge >= 0.3 is 0 Å². The van der Waals surface area contributed by atoms with E-state index in [1.54, 1.807) is 0 Å². The van der Waals surface area contributed by atoms with E-state index >= 15 is 0 Å². The van der Waals surface area contributed by atoms with Crippen LogP contribution in [0.3, 0.4) is 0 Å². The molecule has 0 bridgehead atoms. The lowest BCUT2D eigenvalue weighted by Crippen LogP contribution is -2.30. The number of benzene rings is 1. The van der Waals surface area contributed by atoms with E-state index in [2.05, 4.69) is 18.5 Å². The maximum absolute atomic E-state index is 9.87. The largest absolute Gasteiger partial charge is 0.507 e. The molecule has 0 fully saturated rings. The molecule has 0 saturated carbocycles. The summed E-state index contributed by atoms with van der Waals surface area (Å²) in [5, 5.41) is 13.3. The summed E-state index contributed by atoms with van der Waals surface area (Å²) in [6.07, 6.45) is 3.24. The molecule has 0 aliphatic rings. The second-order valence-electron chi connectivity index (χ2n) is 4.02. The van der Waals surface area contributed by atoms with Crippen molar-refractivity contribution in [3.8, 4) is 5.75 Å². The highest BCUT2D eigenvalue weighted by molar-refractivity contribution is 7.98. The van der Waals surface area contributed by atoms with Gasteiger partial charge in [-0.05, 0) is 25.2 Å². The average Bonchev–Trinajstić information content (AvgIpc) is 2.29. The topological polar surface area (TPSA) is 32.3 Å². The maximum Gasteiger partial charge on any atom is 0.122 e. The molecule has 0 radical (unpaired) electrons. The smallest absolute Gasteiger partial charge is 0.122 e. The Morgan fingerprint density at radius 2 is 2.19 bits per heavy atom. The van der Waals surface area contributed by atoms with E-state index in [0.29, 0.717) is 11.8 Å². The fraction of sp³-hybridized carbons (Fsp3) is 0.538. The first kappa shape index (κ1) is 13.4. The second kappa shape index (κ2) is 6.81. The minimum atomic E-state index is 0.425.